The van der Waals surface area contributed by atoms with Crippen molar-refractivity contribution < 1.29 is 47.6 Å². The average molecular weight is 561 g/mol. The van der Waals surface area contributed by atoms with Gasteiger partial charge in [-0.05, 0) is 24.4 Å². The van der Waals surface area contributed by atoms with Gasteiger partial charge >= 0.3 is 29.9 Å². The van der Waals surface area contributed by atoms with Crippen molar-refractivity contribution in [1.82, 2.24) is 0 Å². The number of benzene rings is 4. The van der Waals surface area contributed by atoms with Crippen LogP contribution in [-0.2, 0) is 34.6 Å². The van der Waals surface area contributed by atoms with E-state index in [4.69, 9.17) is 28.4 Å². The highest BCUT2D eigenvalue weighted by Gasteiger charge is 2.43. The lowest BCUT2D eigenvalue weighted by molar-refractivity contribution is -0.335. The van der Waals surface area contributed by atoms with Gasteiger partial charge in [0.05, 0.1) is 12.2 Å². The van der Waals surface area contributed by atoms with Crippen LogP contribution in [0.2, 0.25) is 0 Å². The van der Waals surface area contributed by atoms with E-state index in [1.165, 1.54) is 39.8 Å². The zero-order chi connectivity index (χ0) is 29.7. The Kier molecular flexibility index (Phi) is 8.53. The summed E-state index contributed by atoms with van der Waals surface area (Å²) in [5.74, 6) is -4.74. The second-order valence-electron chi connectivity index (χ2n) is 8.91. The molecule has 4 rings (SSSR count). The predicted octanol–water partition coefficient (Wildman–Crippen LogP) is 5.56. The lowest BCUT2D eigenvalue weighted by Crippen LogP contribution is -2.41. The molecular weight excluding hydrogens is 532 g/mol. The van der Waals surface area contributed by atoms with Crippen LogP contribution in [0.25, 0.3) is 21.5 Å². The highest BCUT2D eigenvalue weighted by molar-refractivity contribution is 5.98. The molecule has 0 saturated heterocycles. The molecule has 0 aliphatic carbocycles. The largest absolute Gasteiger partial charge is 0.426 e. The average Bonchev–Trinajstić information content (AvgIpc) is 2.89. The molecule has 0 aromatic heterocycles. The summed E-state index contributed by atoms with van der Waals surface area (Å²) in [6, 6.07) is 18.3. The Morgan fingerprint density at radius 1 is 0.634 bits per heavy atom. The van der Waals surface area contributed by atoms with Crippen molar-refractivity contribution >= 4 is 45.4 Å². The summed E-state index contributed by atoms with van der Waals surface area (Å²) in [4.78, 5) is 48.6. The first-order valence-corrected chi connectivity index (χ1v) is 12.7. The molecular formula is C31H28O10. The fourth-order valence-corrected chi connectivity index (χ4v) is 4.35. The molecule has 1 unspecified atom stereocenters. The van der Waals surface area contributed by atoms with E-state index in [9.17, 15) is 19.2 Å². The number of fused-ring (bicyclic) bond motifs is 2. The summed E-state index contributed by atoms with van der Waals surface area (Å²) in [6.45, 7) is 6.54. The summed E-state index contributed by atoms with van der Waals surface area (Å²) in [5, 5.41) is 2.08. The molecule has 0 saturated carbocycles. The molecule has 0 bridgehead atoms. The first kappa shape index (κ1) is 29.0. The molecule has 0 aliphatic rings. The maximum absolute atomic E-state index is 12.5. The minimum atomic E-state index is -2.26. The number of hydrogen-bond acceptors (Lipinski definition) is 10. The molecule has 41 heavy (non-hydrogen) atoms. The molecule has 10 nitrogen and oxygen atoms in total. The van der Waals surface area contributed by atoms with E-state index < -0.39 is 29.9 Å². The Morgan fingerprint density at radius 3 is 1.78 bits per heavy atom. The van der Waals surface area contributed by atoms with E-state index in [0.29, 0.717) is 21.5 Å². The van der Waals surface area contributed by atoms with Gasteiger partial charge in [-0.15, -0.1) is 0 Å². The van der Waals surface area contributed by atoms with Crippen LogP contribution in [0.5, 0.6) is 23.0 Å². The highest BCUT2D eigenvalue weighted by atomic mass is 16.9. The summed E-state index contributed by atoms with van der Waals surface area (Å²) in [7, 11) is 0. The Morgan fingerprint density at radius 2 is 1.20 bits per heavy atom. The van der Waals surface area contributed by atoms with E-state index in [1.807, 2.05) is 0 Å². The van der Waals surface area contributed by atoms with Crippen LogP contribution in [-0.4, -0.2) is 30.5 Å². The molecule has 1 atom stereocenters. The van der Waals surface area contributed by atoms with Gasteiger partial charge < -0.3 is 28.4 Å². The maximum atomic E-state index is 12.5. The third-order valence-electron chi connectivity index (χ3n) is 5.71. The van der Waals surface area contributed by atoms with Gasteiger partial charge in [0, 0.05) is 49.9 Å². The van der Waals surface area contributed by atoms with Gasteiger partial charge in [-0.1, -0.05) is 48.5 Å². The predicted molar refractivity (Wildman–Crippen MR) is 148 cm³/mol. The van der Waals surface area contributed by atoms with Crippen molar-refractivity contribution in [2.75, 3.05) is 6.61 Å². The normalized spacial score (nSPS) is 12.3. The van der Waals surface area contributed by atoms with Crippen molar-refractivity contribution in [1.29, 1.82) is 0 Å². The smallest absolute Gasteiger partial charge is 0.403 e. The minimum Gasteiger partial charge on any atom is -0.426 e. The molecule has 0 fully saturated rings. The van der Waals surface area contributed by atoms with Crippen LogP contribution in [0.4, 0.5) is 0 Å². The van der Waals surface area contributed by atoms with Crippen LogP contribution in [0.1, 0.15) is 40.2 Å². The molecule has 10 heteroatoms. The third kappa shape index (κ3) is 6.44. The fraction of sp³-hybridized carbons (Fsp3) is 0.226. The quantitative estimate of drug-likeness (QED) is 0.146. The standard InChI is InChI=1S/C31H28O10/c1-6-36-31(40-21(5)35,23-15-22-11-7-8-12-24(22)27(16-23)37-18(2)32)41-29-17-28(38-19(3)33)25-13-9-10-14-26(25)30(29)39-20(4)34/h7-17H,6H2,1-5H3. The van der Waals surface area contributed by atoms with Gasteiger partial charge in [-0.3, -0.25) is 19.2 Å². The van der Waals surface area contributed by atoms with Crippen molar-refractivity contribution in [3.63, 3.8) is 0 Å². The number of hydrogen-bond donors (Lipinski definition) is 0. The first-order chi connectivity index (χ1) is 19.5. The molecule has 4 aromatic rings. The van der Waals surface area contributed by atoms with Gasteiger partial charge in [-0.25, -0.2) is 0 Å². The fourth-order valence-electron chi connectivity index (χ4n) is 4.35. The second kappa shape index (κ2) is 12.1. The number of rotatable bonds is 9. The van der Waals surface area contributed by atoms with Gasteiger partial charge in [-0.2, -0.15) is 0 Å². The zero-order valence-electron chi connectivity index (χ0n) is 23.1. The second-order valence-corrected chi connectivity index (χ2v) is 8.91. The van der Waals surface area contributed by atoms with Crippen LogP contribution in [0.3, 0.4) is 0 Å². The van der Waals surface area contributed by atoms with E-state index in [-0.39, 0.29) is 35.2 Å². The van der Waals surface area contributed by atoms with Gasteiger partial charge in [0.25, 0.3) is 0 Å². The lowest BCUT2D eigenvalue weighted by Gasteiger charge is -2.33. The van der Waals surface area contributed by atoms with Crippen molar-refractivity contribution in [3.8, 4) is 23.0 Å². The molecule has 212 valence electrons. The van der Waals surface area contributed by atoms with E-state index in [0.717, 1.165) is 0 Å². The minimum absolute atomic E-state index is 0.00368. The number of ether oxygens (including phenoxy) is 6. The molecule has 4 aromatic carbocycles. The summed E-state index contributed by atoms with van der Waals surface area (Å²) < 4.78 is 34.5. The van der Waals surface area contributed by atoms with Gasteiger partial charge in [0.1, 0.15) is 11.5 Å². The van der Waals surface area contributed by atoms with Crippen LogP contribution >= 0.6 is 0 Å². The molecule has 0 amide bonds. The first-order valence-electron chi connectivity index (χ1n) is 12.7. The maximum Gasteiger partial charge on any atom is 0.403 e. The summed E-state index contributed by atoms with van der Waals surface area (Å²) >= 11 is 0. The zero-order valence-corrected chi connectivity index (χ0v) is 23.1. The van der Waals surface area contributed by atoms with Gasteiger partial charge in [0.15, 0.2) is 11.5 Å². The van der Waals surface area contributed by atoms with Crippen LogP contribution in [0.15, 0.2) is 66.7 Å². The van der Waals surface area contributed by atoms with Crippen molar-refractivity contribution in [2.24, 2.45) is 0 Å². The van der Waals surface area contributed by atoms with E-state index >= 15 is 0 Å². The lowest BCUT2D eigenvalue weighted by atomic mass is 10.0. The Hall–Kier alpha value is -4.96. The van der Waals surface area contributed by atoms with Crippen molar-refractivity contribution in [3.05, 3.63) is 72.3 Å². The van der Waals surface area contributed by atoms with E-state index in [2.05, 4.69) is 0 Å². The Bertz CT molecular complexity index is 1660. The van der Waals surface area contributed by atoms with Crippen molar-refractivity contribution in [2.45, 2.75) is 40.6 Å². The van der Waals surface area contributed by atoms with Crippen LogP contribution < -0.4 is 18.9 Å². The molecule has 0 heterocycles. The number of carbonyl (C=O) groups is 4. The summed E-state index contributed by atoms with van der Waals surface area (Å²) in [5.41, 5.74) is 0.153. The summed E-state index contributed by atoms with van der Waals surface area (Å²) in [6.07, 6.45) is 0. The SMILES string of the molecule is CCOC(OC(C)=O)(Oc1cc(OC(C)=O)c2ccccc2c1OC(C)=O)c1cc(OC(C)=O)c2ccccc2c1. The molecule has 0 N–H and O–H groups in total. The Labute approximate surface area is 235 Å². The number of carbonyl (C=O) groups excluding carboxylic acids is 4. The highest BCUT2D eigenvalue weighted by Crippen LogP contribution is 2.46. The topological polar surface area (TPSA) is 124 Å². The molecule has 0 aliphatic heterocycles. The molecule has 0 radical (unpaired) electrons. The van der Waals surface area contributed by atoms with Gasteiger partial charge in [0.2, 0.25) is 0 Å². The number of esters is 4. The Balaban J connectivity index is 2.03. The monoisotopic (exact) mass is 560 g/mol. The van der Waals surface area contributed by atoms with Crippen LogP contribution in [0, 0.1) is 0 Å². The third-order valence-corrected chi connectivity index (χ3v) is 5.71. The van der Waals surface area contributed by atoms with E-state index in [1.54, 1.807) is 61.5 Å². The molecule has 0 spiro atoms.